The third kappa shape index (κ3) is 7.84. The van der Waals surface area contributed by atoms with Gasteiger partial charge in [-0.3, -0.25) is 4.79 Å². The lowest BCUT2D eigenvalue weighted by molar-refractivity contribution is -0.153. The van der Waals surface area contributed by atoms with Crippen LogP contribution in [0.4, 0.5) is 23.7 Å². The molecule has 2 rings (SSSR count). The average Bonchev–Trinajstić information content (AvgIpc) is 2.67. The second-order valence-electron chi connectivity index (χ2n) is 7.34. The van der Waals surface area contributed by atoms with Crippen molar-refractivity contribution in [3.05, 3.63) is 58.7 Å². The number of rotatable bonds is 7. The van der Waals surface area contributed by atoms with Gasteiger partial charge in [0.25, 0.3) is 0 Å². The summed E-state index contributed by atoms with van der Waals surface area (Å²) < 4.78 is 41.2. The minimum Gasteiger partial charge on any atom is -0.484 e. The molecule has 1 unspecified atom stereocenters. The largest absolute Gasteiger partial charge is 0.484 e. The zero-order chi connectivity index (χ0) is 23.2. The van der Waals surface area contributed by atoms with E-state index in [1.807, 2.05) is 32.9 Å². The number of aryl methyl sites for hydroxylation is 3. The molecule has 9 heteroatoms. The molecule has 2 aromatic rings. The van der Waals surface area contributed by atoms with E-state index in [1.165, 1.54) is 12.1 Å². The fourth-order valence-electron chi connectivity index (χ4n) is 3.07. The summed E-state index contributed by atoms with van der Waals surface area (Å²) in [6.45, 7) is 5.90. The fourth-order valence-corrected chi connectivity index (χ4v) is 3.07. The van der Waals surface area contributed by atoms with Crippen LogP contribution >= 0.6 is 0 Å². The lowest BCUT2D eigenvalue weighted by Crippen LogP contribution is -2.41. The molecule has 2 aromatic carbocycles. The molecule has 3 N–H and O–H groups in total. The molecule has 0 bridgehead atoms. The van der Waals surface area contributed by atoms with Crippen LogP contribution in [0.15, 0.2) is 36.4 Å². The van der Waals surface area contributed by atoms with E-state index in [4.69, 9.17) is 0 Å². The summed E-state index contributed by atoms with van der Waals surface area (Å²) in [6.07, 6.45) is -4.41. The van der Waals surface area contributed by atoms with Crippen molar-refractivity contribution in [3.63, 3.8) is 0 Å². The first-order valence-corrected chi connectivity index (χ1v) is 9.66. The third-order valence-corrected chi connectivity index (χ3v) is 4.48. The Morgan fingerprint density at radius 3 is 2.16 bits per heavy atom. The van der Waals surface area contributed by atoms with E-state index in [1.54, 1.807) is 19.1 Å². The predicted molar refractivity (Wildman–Crippen MR) is 112 cm³/mol. The smallest absolute Gasteiger partial charge is 0.422 e. The van der Waals surface area contributed by atoms with Crippen molar-refractivity contribution < 1.29 is 27.5 Å². The molecule has 0 aliphatic heterocycles. The van der Waals surface area contributed by atoms with E-state index in [9.17, 15) is 22.8 Å². The molecule has 6 nitrogen and oxygen atoms in total. The second kappa shape index (κ2) is 10.2. The standard InChI is InChI=1S/C22H26F3N3O3/c1-13-9-14(2)20(15(3)10-13)28-19(29)11-26-21(30)27-16(4)17-5-7-18(8-6-17)31-12-22(23,24)25/h5-10,16H,11-12H2,1-4H3,(H,28,29)(H2,26,27,30). The van der Waals surface area contributed by atoms with E-state index in [0.717, 1.165) is 22.4 Å². The molecule has 0 aliphatic rings. The highest BCUT2D eigenvalue weighted by molar-refractivity contribution is 5.95. The Morgan fingerprint density at radius 1 is 1.03 bits per heavy atom. The average molecular weight is 437 g/mol. The zero-order valence-corrected chi connectivity index (χ0v) is 17.8. The molecule has 0 saturated carbocycles. The maximum Gasteiger partial charge on any atom is 0.422 e. The lowest BCUT2D eigenvalue weighted by atomic mass is 10.1. The van der Waals surface area contributed by atoms with Gasteiger partial charge in [0, 0.05) is 5.69 Å². The van der Waals surface area contributed by atoms with Gasteiger partial charge in [0.1, 0.15) is 5.75 Å². The number of amides is 3. The highest BCUT2D eigenvalue weighted by atomic mass is 19.4. The van der Waals surface area contributed by atoms with Crippen molar-refractivity contribution in [2.45, 2.75) is 39.9 Å². The van der Waals surface area contributed by atoms with E-state index < -0.39 is 24.9 Å². The highest BCUT2D eigenvalue weighted by Gasteiger charge is 2.28. The summed E-state index contributed by atoms with van der Waals surface area (Å²) in [5.74, 6) is -0.278. The van der Waals surface area contributed by atoms with Gasteiger partial charge in [-0.25, -0.2) is 4.79 Å². The first-order valence-electron chi connectivity index (χ1n) is 9.66. The lowest BCUT2D eigenvalue weighted by Gasteiger charge is -2.16. The van der Waals surface area contributed by atoms with Crippen LogP contribution in [0.5, 0.6) is 5.75 Å². The Balaban J connectivity index is 1.82. The number of alkyl halides is 3. The molecule has 0 heterocycles. The van der Waals surface area contributed by atoms with Crippen molar-refractivity contribution in [2.24, 2.45) is 0 Å². The number of hydrogen-bond donors (Lipinski definition) is 3. The number of carbonyl (C=O) groups is 2. The van der Waals surface area contributed by atoms with Gasteiger partial charge in [-0.05, 0) is 56.5 Å². The number of ether oxygens (including phenoxy) is 1. The van der Waals surface area contributed by atoms with Crippen molar-refractivity contribution in [1.82, 2.24) is 10.6 Å². The number of nitrogens with one attached hydrogen (secondary N) is 3. The zero-order valence-electron chi connectivity index (χ0n) is 17.8. The van der Waals surface area contributed by atoms with Gasteiger partial charge in [-0.1, -0.05) is 29.8 Å². The molecule has 0 aromatic heterocycles. The molecular formula is C22H26F3N3O3. The van der Waals surface area contributed by atoms with E-state index in [2.05, 4.69) is 20.7 Å². The van der Waals surface area contributed by atoms with Gasteiger partial charge in [0.05, 0.1) is 12.6 Å². The topological polar surface area (TPSA) is 79.5 Å². The van der Waals surface area contributed by atoms with Crippen molar-refractivity contribution in [3.8, 4) is 5.75 Å². The van der Waals surface area contributed by atoms with Gasteiger partial charge >= 0.3 is 12.2 Å². The third-order valence-electron chi connectivity index (χ3n) is 4.48. The summed E-state index contributed by atoms with van der Waals surface area (Å²) >= 11 is 0. The van der Waals surface area contributed by atoms with Crippen LogP contribution < -0.4 is 20.7 Å². The summed E-state index contributed by atoms with van der Waals surface area (Å²) in [4.78, 5) is 24.3. The van der Waals surface area contributed by atoms with Gasteiger partial charge in [-0.2, -0.15) is 13.2 Å². The molecule has 0 fully saturated rings. The van der Waals surface area contributed by atoms with Crippen LogP contribution in [0.25, 0.3) is 0 Å². The predicted octanol–water partition coefficient (Wildman–Crippen LogP) is 4.55. The van der Waals surface area contributed by atoms with Crippen molar-refractivity contribution >= 4 is 17.6 Å². The Labute approximate surface area is 179 Å². The van der Waals surface area contributed by atoms with Crippen LogP contribution in [0.1, 0.15) is 35.2 Å². The summed E-state index contributed by atoms with van der Waals surface area (Å²) in [6, 6.07) is 8.87. The van der Waals surface area contributed by atoms with Gasteiger partial charge in [0.15, 0.2) is 6.61 Å². The first kappa shape index (κ1) is 24.0. The molecule has 1 atom stereocenters. The van der Waals surface area contributed by atoms with E-state index >= 15 is 0 Å². The SMILES string of the molecule is Cc1cc(C)c(NC(=O)CNC(=O)NC(C)c2ccc(OCC(F)(F)F)cc2)c(C)c1. The Hall–Kier alpha value is -3.23. The highest BCUT2D eigenvalue weighted by Crippen LogP contribution is 2.22. The Bertz CT molecular complexity index is 905. The molecule has 31 heavy (non-hydrogen) atoms. The number of halogens is 3. The van der Waals surface area contributed by atoms with E-state index in [0.29, 0.717) is 5.56 Å². The van der Waals surface area contributed by atoms with Gasteiger partial charge < -0.3 is 20.7 Å². The maximum absolute atomic E-state index is 12.2. The fraction of sp³-hybridized carbons (Fsp3) is 0.364. The molecular weight excluding hydrogens is 411 g/mol. The number of carbonyl (C=O) groups excluding carboxylic acids is 2. The molecule has 3 amide bonds. The van der Waals surface area contributed by atoms with E-state index in [-0.39, 0.29) is 18.2 Å². The number of benzene rings is 2. The molecule has 0 spiro atoms. The molecule has 0 saturated heterocycles. The normalized spacial score (nSPS) is 12.1. The first-order chi connectivity index (χ1) is 14.4. The van der Waals surface area contributed by atoms with Crippen molar-refractivity contribution in [1.29, 1.82) is 0 Å². The summed E-state index contributed by atoms with van der Waals surface area (Å²) in [7, 11) is 0. The number of urea groups is 1. The maximum atomic E-state index is 12.2. The van der Waals surface area contributed by atoms with Gasteiger partial charge in [-0.15, -0.1) is 0 Å². The van der Waals surface area contributed by atoms with Crippen LogP contribution in [0.3, 0.4) is 0 Å². The Morgan fingerprint density at radius 2 is 1.61 bits per heavy atom. The van der Waals surface area contributed by atoms with Crippen molar-refractivity contribution in [2.75, 3.05) is 18.5 Å². The number of hydrogen-bond acceptors (Lipinski definition) is 3. The summed E-state index contributed by atoms with van der Waals surface area (Å²) in [5, 5.41) is 7.96. The number of anilines is 1. The Kier molecular flexibility index (Phi) is 7.90. The van der Waals surface area contributed by atoms with Crippen LogP contribution in [0.2, 0.25) is 0 Å². The monoisotopic (exact) mass is 437 g/mol. The molecule has 0 radical (unpaired) electrons. The summed E-state index contributed by atoms with van der Waals surface area (Å²) in [5.41, 5.74) is 4.36. The minimum absolute atomic E-state index is 0.0797. The quantitative estimate of drug-likeness (QED) is 0.595. The molecule has 168 valence electrons. The molecule has 0 aliphatic carbocycles. The van der Waals surface area contributed by atoms with Crippen LogP contribution in [0, 0.1) is 20.8 Å². The van der Waals surface area contributed by atoms with Crippen LogP contribution in [-0.2, 0) is 4.79 Å². The van der Waals surface area contributed by atoms with Crippen LogP contribution in [-0.4, -0.2) is 31.3 Å². The van der Waals surface area contributed by atoms with Gasteiger partial charge in [0.2, 0.25) is 5.91 Å². The second-order valence-corrected chi connectivity index (χ2v) is 7.34. The minimum atomic E-state index is -4.41.